The highest BCUT2D eigenvalue weighted by atomic mass is 35.5. The summed E-state index contributed by atoms with van der Waals surface area (Å²) in [6.07, 6.45) is 2.01. The van der Waals surface area contributed by atoms with Gasteiger partial charge in [0.15, 0.2) is 0 Å². The lowest BCUT2D eigenvalue weighted by atomic mass is 10.2. The highest BCUT2D eigenvalue weighted by Gasteiger charge is 2.23. The summed E-state index contributed by atoms with van der Waals surface area (Å²) in [5.41, 5.74) is 0.819. The van der Waals surface area contributed by atoms with Gasteiger partial charge in [-0.05, 0) is 18.6 Å². The molecule has 2 rings (SSSR count). The molecule has 0 saturated carbocycles. The molecule has 1 aliphatic heterocycles. The Morgan fingerprint density at radius 1 is 1.45 bits per heavy atom. The predicted molar refractivity (Wildman–Crippen MR) is 81.2 cm³/mol. The molecule has 1 aromatic carbocycles. The number of halogens is 1. The first-order valence-electron chi connectivity index (χ1n) is 6.37. The molecule has 1 aliphatic rings. The van der Waals surface area contributed by atoms with Gasteiger partial charge in [0.2, 0.25) is 10.0 Å². The van der Waals surface area contributed by atoms with Gasteiger partial charge in [-0.3, -0.25) is 4.90 Å². The number of nitrogens with one attached hydrogen (secondary N) is 1. The first-order valence-corrected chi connectivity index (χ1v) is 8.64. The topological polar surface area (TPSA) is 49.4 Å². The first-order chi connectivity index (χ1) is 9.44. The lowest BCUT2D eigenvalue weighted by Crippen LogP contribution is -2.36. The van der Waals surface area contributed by atoms with E-state index in [1.807, 2.05) is 24.3 Å². The molecule has 0 spiro atoms. The number of sulfonamides is 1. The van der Waals surface area contributed by atoms with E-state index < -0.39 is 10.0 Å². The predicted octanol–water partition coefficient (Wildman–Crippen LogP) is 1.31. The third kappa shape index (κ3) is 4.80. The fraction of sp³-hybridized carbons (Fsp3) is 0.429. The van der Waals surface area contributed by atoms with Crippen molar-refractivity contribution >= 4 is 21.6 Å². The van der Waals surface area contributed by atoms with Crippen LogP contribution in [0.15, 0.2) is 24.3 Å². The number of hydrogen-bond acceptors (Lipinski definition) is 3. The Bertz CT molecular complexity index is 634. The zero-order valence-corrected chi connectivity index (χ0v) is 12.8. The Kier molecular flexibility index (Phi) is 5.06. The second-order valence-electron chi connectivity index (χ2n) is 4.89. The summed E-state index contributed by atoms with van der Waals surface area (Å²) in [5.74, 6) is 6.12. The number of nitrogens with zero attached hydrogens (tertiary/aromatic N) is 1. The molecule has 0 amide bonds. The van der Waals surface area contributed by atoms with Gasteiger partial charge in [-0.2, -0.15) is 0 Å². The highest BCUT2D eigenvalue weighted by molar-refractivity contribution is 7.88. The Balaban J connectivity index is 1.87. The molecular formula is C14H17ClN2O2S. The Hall–Kier alpha value is -1.06. The number of hydrogen-bond donors (Lipinski definition) is 1. The SMILES string of the molecule is CS(=O)(=O)N[C@H]1CCN(CC#Cc2ccccc2Cl)C1. The molecule has 0 radical (unpaired) electrons. The third-order valence-corrected chi connectivity index (χ3v) is 4.14. The second kappa shape index (κ2) is 6.59. The van der Waals surface area contributed by atoms with E-state index in [0.29, 0.717) is 18.1 Å². The van der Waals surface area contributed by atoms with Gasteiger partial charge in [0.25, 0.3) is 0 Å². The van der Waals surface area contributed by atoms with E-state index in [9.17, 15) is 8.42 Å². The van der Waals surface area contributed by atoms with Crippen LogP contribution in [0.3, 0.4) is 0 Å². The lowest BCUT2D eigenvalue weighted by Gasteiger charge is -2.12. The van der Waals surface area contributed by atoms with Crippen molar-refractivity contribution in [3.05, 3.63) is 34.9 Å². The van der Waals surface area contributed by atoms with Crippen LogP contribution in [0.2, 0.25) is 5.02 Å². The van der Waals surface area contributed by atoms with Crippen molar-refractivity contribution in [3.8, 4) is 11.8 Å². The standard InChI is InChI=1S/C14H17ClN2O2S/c1-20(18,19)16-13-8-10-17(11-13)9-4-6-12-5-2-3-7-14(12)15/h2-3,5,7,13,16H,8-11H2,1H3/t13-/m0/s1. The fourth-order valence-electron chi connectivity index (χ4n) is 2.18. The maximum atomic E-state index is 11.2. The van der Waals surface area contributed by atoms with Crippen LogP contribution in [0.25, 0.3) is 0 Å². The molecule has 0 aromatic heterocycles. The van der Waals surface area contributed by atoms with Gasteiger partial charge in [-0.1, -0.05) is 35.6 Å². The van der Waals surface area contributed by atoms with Gasteiger partial charge in [0.05, 0.1) is 17.8 Å². The number of benzene rings is 1. The van der Waals surface area contributed by atoms with E-state index in [1.54, 1.807) is 0 Å². The third-order valence-electron chi connectivity index (χ3n) is 3.05. The minimum absolute atomic E-state index is 0.00730. The van der Waals surface area contributed by atoms with Crippen molar-refractivity contribution in [1.29, 1.82) is 0 Å². The average Bonchev–Trinajstić information content (AvgIpc) is 2.77. The summed E-state index contributed by atoms with van der Waals surface area (Å²) < 4.78 is 24.9. The van der Waals surface area contributed by atoms with Crippen molar-refractivity contribution in [2.75, 3.05) is 25.9 Å². The van der Waals surface area contributed by atoms with E-state index in [-0.39, 0.29) is 6.04 Å². The molecule has 6 heteroatoms. The quantitative estimate of drug-likeness (QED) is 0.856. The summed E-state index contributed by atoms with van der Waals surface area (Å²) >= 11 is 6.02. The van der Waals surface area contributed by atoms with Gasteiger partial charge in [-0.15, -0.1) is 0 Å². The molecule has 1 N–H and O–H groups in total. The maximum absolute atomic E-state index is 11.2. The molecule has 20 heavy (non-hydrogen) atoms. The molecule has 1 atom stereocenters. The van der Waals surface area contributed by atoms with Gasteiger partial charge in [0.1, 0.15) is 0 Å². The minimum Gasteiger partial charge on any atom is -0.291 e. The summed E-state index contributed by atoms with van der Waals surface area (Å²) in [6, 6.07) is 7.46. The molecule has 1 heterocycles. The largest absolute Gasteiger partial charge is 0.291 e. The summed E-state index contributed by atoms with van der Waals surface area (Å²) in [6.45, 7) is 2.17. The van der Waals surface area contributed by atoms with Crippen LogP contribution in [0.4, 0.5) is 0 Å². The van der Waals surface area contributed by atoms with Crippen LogP contribution in [0.1, 0.15) is 12.0 Å². The van der Waals surface area contributed by atoms with Crippen molar-refractivity contribution in [2.24, 2.45) is 0 Å². The van der Waals surface area contributed by atoms with Crippen LogP contribution in [0, 0.1) is 11.8 Å². The summed E-state index contributed by atoms with van der Waals surface area (Å²) in [7, 11) is -3.13. The molecular weight excluding hydrogens is 296 g/mol. The van der Waals surface area contributed by atoms with E-state index >= 15 is 0 Å². The van der Waals surface area contributed by atoms with Crippen molar-refractivity contribution < 1.29 is 8.42 Å². The molecule has 108 valence electrons. The molecule has 1 saturated heterocycles. The Morgan fingerprint density at radius 2 is 2.20 bits per heavy atom. The molecule has 1 fully saturated rings. The first kappa shape index (κ1) is 15.3. The number of rotatable bonds is 3. The van der Waals surface area contributed by atoms with Crippen molar-refractivity contribution in [1.82, 2.24) is 9.62 Å². The van der Waals surface area contributed by atoms with Gasteiger partial charge >= 0.3 is 0 Å². The maximum Gasteiger partial charge on any atom is 0.208 e. The highest BCUT2D eigenvalue weighted by Crippen LogP contribution is 2.13. The van der Waals surface area contributed by atoms with Crippen LogP contribution in [-0.2, 0) is 10.0 Å². The monoisotopic (exact) mass is 312 g/mol. The van der Waals surface area contributed by atoms with E-state index in [0.717, 1.165) is 18.5 Å². The molecule has 1 aromatic rings. The number of likely N-dealkylation sites (tertiary alicyclic amines) is 1. The van der Waals surface area contributed by atoms with Crippen molar-refractivity contribution in [2.45, 2.75) is 12.5 Å². The zero-order chi connectivity index (χ0) is 14.6. The fourth-order valence-corrected chi connectivity index (χ4v) is 3.17. The Morgan fingerprint density at radius 3 is 2.90 bits per heavy atom. The van der Waals surface area contributed by atoms with Crippen LogP contribution in [-0.4, -0.2) is 45.2 Å². The van der Waals surface area contributed by atoms with Gasteiger partial charge in [0, 0.05) is 24.7 Å². The average molecular weight is 313 g/mol. The molecule has 0 aliphatic carbocycles. The van der Waals surface area contributed by atoms with Crippen LogP contribution >= 0.6 is 11.6 Å². The zero-order valence-electron chi connectivity index (χ0n) is 11.3. The van der Waals surface area contributed by atoms with Crippen LogP contribution < -0.4 is 4.72 Å². The lowest BCUT2D eigenvalue weighted by molar-refractivity contribution is 0.374. The molecule has 0 unspecified atom stereocenters. The Labute approximate surface area is 125 Å². The molecule has 0 bridgehead atoms. The van der Waals surface area contributed by atoms with Crippen molar-refractivity contribution in [3.63, 3.8) is 0 Å². The summed E-state index contributed by atoms with van der Waals surface area (Å²) in [4.78, 5) is 2.13. The van der Waals surface area contributed by atoms with Crippen LogP contribution in [0.5, 0.6) is 0 Å². The summed E-state index contributed by atoms with van der Waals surface area (Å²) in [5, 5.41) is 0.651. The van der Waals surface area contributed by atoms with E-state index in [2.05, 4.69) is 21.5 Å². The van der Waals surface area contributed by atoms with E-state index in [4.69, 9.17) is 11.6 Å². The minimum atomic E-state index is -3.13. The second-order valence-corrected chi connectivity index (χ2v) is 7.08. The van der Waals surface area contributed by atoms with E-state index in [1.165, 1.54) is 6.26 Å². The molecule has 4 nitrogen and oxygen atoms in total. The normalized spacial score (nSPS) is 19.6. The smallest absolute Gasteiger partial charge is 0.208 e. The van der Waals surface area contributed by atoms with Gasteiger partial charge < -0.3 is 0 Å². The van der Waals surface area contributed by atoms with Gasteiger partial charge in [-0.25, -0.2) is 13.1 Å².